The van der Waals surface area contributed by atoms with E-state index in [0.717, 1.165) is 0 Å². The first-order chi connectivity index (χ1) is 9.01. The van der Waals surface area contributed by atoms with Crippen LogP contribution in [0.15, 0.2) is 12.1 Å². The number of nitro benzene ring substituents is 1. The zero-order valence-electron chi connectivity index (χ0n) is 9.76. The minimum atomic E-state index is -0.574. The number of carbonyl (C=O) groups is 1. The SMILES string of the molecule is N#Cc1cc(I)c(OC2CCC(=O)C2)c([N+](=O)[O-])c1. The van der Waals surface area contributed by atoms with E-state index in [2.05, 4.69) is 0 Å². The van der Waals surface area contributed by atoms with Crippen LogP contribution in [0.4, 0.5) is 5.69 Å². The highest BCUT2D eigenvalue weighted by Gasteiger charge is 2.28. The Balaban J connectivity index is 2.36. The van der Waals surface area contributed by atoms with Crippen LogP contribution in [0.2, 0.25) is 0 Å². The van der Waals surface area contributed by atoms with E-state index < -0.39 is 4.92 Å². The van der Waals surface area contributed by atoms with Crippen molar-refractivity contribution in [1.29, 1.82) is 5.26 Å². The van der Waals surface area contributed by atoms with Gasteiger partial charge in [-0.15, -0.1) is 0 Å². The zero-order chi connectivity index (χ0) is 14.0. The second-order valence-electron chi connectivity index (χ2n) is 4.20. The van der Waals surface area contributed by atoms with Crippen LogP contribution < -0.4 is 4.74 Å². The second kappa shape index (κ2) is 5.52. The van der Waals surface area contributed by atoms with Gasteiger partial charge in [0.05, 0.1) is 20.1 Å². The number of carbonyl (C=O) groups excluding carboxylic acids is 1. The van der Waals surface area contributed by atoms with Gasteiger partial charge in [-0.3, -0.25) is 14.9 Å². The van der Waals surface area contributed by atoms with Crippen molar-refractivity contribution in [2.45, 2.75) is 25.4 Å². The van der Waals surface area contributed by atoms with E-state index in [1.807, 2.05) is 28.7 Å². The van der Waals surface area contributed by atoms with E-state index in [1.165, 1.54) is 12.1 Å². The molecule has 19 heavy (non-hydrogen) atoms. The predicted octanol–water partition coefficient (Wildman–Crippen LogP) is 2.57. The lowest BCUT2D eigenvalue weighted by molar-refractivity contribution is -0.386. The maximum absolute atomic E-state index is 11.2. The lowest BCUT2D eigenvalue weighted by Gasteiger charge is -2.14. The summed E-state index contributed by atoms with van der Waals surface area (Å²) in [5, 5.41) is 19.8. The van der Waals surface area contributed by atoms with Gasteiger partial charge in [0.1, 0.15) is 11.9 Å². The number of nitrogens with zero attached hydrogens (tertiary/aromatic N) is 2. The van der Waals surface area contributed by atoms with Gasteiger partial charge in [-0.2, -0.15) is 5.26 Å². The van der Waals surface area contributed by atoms with Gasteiger partial charge in [0, 0.05) is 18.9 Å². The number of benzene rings is 1. The third-order valence-electron chi connectivity index (χ3n) is 2.83. The van der Waals surface area contributed by atoms with Crippen molar-refractivity contribution in [2.24, 2.45) is 0 Å². The number of hydrogen-bond acceptors (Lipinski definition) is 5. The van der Waals surface area contributed by atoms with Gasteiger partial charge < -0.3 is 4.74 Å². The zero-order valence-corrected chi connectivity index (χ0v) is 11.9. The van der Waals surface area contributed by atoms with Gasteiger partial charge in [-0.25, -0.2) is 0 Å². The van der Waals surface area contributed by atoms with Gasteiger partial charge in [0.25, 0.3) is 0 Å². The van der Waals surface area contributed by atoms with Crippen LogP contribution in [-0.4, -0.2) is 16.8 Å². The molecule has 0 saturated heterocycles. The first kappa shape index (κ1) is 13.7. The maximum Gasteiger partial charge on any atom is 0.313 e. The Kier molecular flexibility index (Phi) is 3.99. The second-order valence-corrected chi connectivity index (χ2v) is 5.36. The van der Waals surface area contributed by atoms with Crippen LogP contribution >= 0.6 is 22.6 Å². The molecular formula is C12H9IN2O4. The summed E-state index contributed by atoms with van der Waals surface area (Å²) in [7, 11) is 0. The first-order valence-corrected chi connectivity index (χ1v) is 6.65. The van der Waals surface area contributed by atoms with E-state index in [1.54, 1.807) is 0 Å². The molecule has 0 bridgehead atoms. The fraction of sp³-hybridized carbons (Fsp3) is 0.333. The number of rotatable bonds is 3. The highest BCUT2D eigenvalue weighted by molar-refractivity contribution is 14.1. The molecule has 1 aliphatic carbocycles. The molecule has 1 aromatic rings. The Morgan fingerprint density at radius 2 is 2.26 bits per heavy atom. The Bertz CT molecular complexity index is 594. The van der Waals surface area contributed by atoms with Crippen molar-refractivity contribution in [1.82, 2.24) is 0 Å². The predicted molar refractivity (Wildman–Crippen MR) is 73.8 cm³/mol. The summed E-state index contributed by atoms with van der Waals surface area (Å²) < 4.78 is 6.09. The number of nitriles is 1. The molecule has 1 atom stereocenters. The first-order valence-electron chi connectivity index (χ1n) is 5.57. The molecular weight excluding hydrogens is 363 g/mol. The summed E-state index contributed by atoms with van der Waals surface area (Å²) in [6.07, 6.45) is 0.998. The molecule has 1 unspecified atom stereocenters. The molecule has 0 amide bonds. The molecule has 2 rings (SSSR count). The minimum Gasteiger partial charge on any atom is -0.482 e. The standard InChI is InChI=1S/C12H9IN2O4/c13-10-3-7(6-14)4-11(15(17)18)12(10)19-9-2-1-8(16)5-9/h3-4,9H,1-2,5H2. The van der Waals surface area contributed by atoms with Gasteiger partial charge in [0.2, 0.25) is 5.75 Å². The molecule has 0 aromatic heterocycles. The highest BCUT2D eigenvalue weighted by atomic mass is 127. The van der Waals surface area contributed by atoms with Crippen molar-refractivity contribution in [2.75, 3.05) is 0 Å². The molecule has 0 N–H and O–H groups in total. The van der Waals surface area contributed by atoms with Gasteiger partial charge >= 0.3 is 5.69 Å². The molecule has 0 spiro atoms. The summed E-state index contributed by atoms with van der Waals surface area (Å²) >= 11 is 1.89. The quantitative estimate of drug-likeness (QED) is 0.462. The maximum atomic E-state index is 11.2. The van der Waals surface area contributed by atoms with E-state index in [-0.39, 0.29) is 35.3 Å². The van der Waals surface area contributed by atoms with E-state index in [0.29, 0.717) is 16.4 Å². The molecule has 0 radical (unpaired) electrons. The topological polar surface area (TPSA) is 93.2 Å². The smallest absolute Gasteiger partial charge is 0.313 e. The average Bonchev–Trinajstić information content (AvgIpc) is 2.76. The lowest BCUT2D eigenvalue weighted by Crippen LogP contribution is -2.14. The third-order valence-corrected chi connectivity index (χ3v) is 3.64. The molecule has 7 heteroatoms. The number of hydrogen-bond donors (Lipinski definition) is 0. The average molecular weight is 372 g/mol. The molecule has 0 heterocycles. The number of halogens is 1. The molecule has 6 nitrogen and oxygen atoms in total. The molecule has 1 aromatic carbocycles. The van der Waals surface area contributed by atoms with Crippen molar-refractivity contribution in [3.63, 3.8) is 0 Å². The van der Waals surface area contributed by atoms with E-state index in [9.17, 15) is 14.9 Å². The Morgan fingerprint density at radius 1 is 1.53 bits per heavy atom. The number of ketones is 1. The third kappa shape index (κ3) is 3.01. The van der Waals surface area contributed by atoms with Crippen molar-refractivity contribution in [3.8, 4) is 11.8 Å². The van der Waals surface area contributed by atoms with Gasteiger partial charge in [-0.1, -0.05) is 0 Å². The number of ether oxygens (including phenoxy) is 1. The highest BCUT2D eigenvalue weighted by Crippen LogP contribution is 2.36. The minimum absolute atomic E-state index is 0.108. The molecule has 1 aliphatic rings. The summed E-state index contributed by atoms with van der Waals surface area (Å²) in [6, 6.07) is 4.59. The molecule has 1 fully saturated rings. The largest absolute Gasteiger partial charge is 0.482 e. The van der Waals surface area contributed by atoms with Crippen LogP contribution in [0.5, 0.6) is 5.75 Å². The molecule has 98 valence electrons. The van der Waals surface area contributed by atoms with Crippen LogP contribution in [0.3, 0.4) is 0 Å². The van der Waals surface area contributed by atoms with Gasteiger partial charge in [-0.05, 0) is 35.1 Å². The van der Waals surface area contributed by atoms with Crippen LogP contribution in [-0.2, 0) is 4.79 Å². The molecule has 1 saturated carbocycles. The lowest BCUT2D eigenvalue weighted by atomic mass is 10.2. The van der Waals surface area contributed by atoms with Crippen LogP contribution in [0.1, 0.15) is 24.8 Å². The number of nitro groups is 1. The fourth-order valence-electron chi connectivity index (χ4n) is 1.94. The summed E-state index contributed by atoms with van der Waals surface area (Å²) in [6.45, 7) is 0. The fourth-order valence-corrected chi connectivity index (χ4v) is 2.68. The van der Waals surface area contributed by atoms with Crippen molar-refractivity contribution in [3.05, 3.63) is 31.4 Å². The van der Waals surface area contributed by atoms with E-state index in [4.69, 9.17) is 10.00 Å². The Morgan fingerprint density at radius 3 is 2.79 bits per heavy atom. The summed E-state index contributed by atoms with van der Waals surface area (Å²) in [5.74, 6) is 0.251. The van der Waals surface area contributed by atoms with Crippen LogP contribution in [0, 0.1) is 25.0 Å². The Hall–Kier alpha value is -1.69. The van der Waals surface area contributed by atoms with Crippen molar-refractivity contribution >= 4 is 34.1 Å². The van der Waals surface area contributed by atoms with Crippen molar-refractivity contribution < 1.29 is 14.5 Å². The van der Waals surface area contributed by atoms with Gasteiger partial charge in [0.15, 0.2) is 0 Å². The number of Topliss-reactive ketones (excluding diaryl/α,β-unsaturated/α-hetero) is 1. The summed E-state index contributed by atoms with van der Waals surface area (Å²) in [4.78, 5) is 21.6. The van der Waals surface area contributed by atoms with Crippen LogP contribution in [0.25, 0.3) is 0 Å². The summed E-state index contributed by atoms with van der Waals surface area (Å²) in [5.41, 5.74) is -0.0197. The molecule has 0 aliphatic heterocycles. The Labute approximate surface area is 122 Å². The normalized spacial score (nSPS) is 18.1. The van der Waals surface area contributed by atoms with E-state index >= 15 is 0 Å². The monoisotopic (exact) mass is 372 g/mol.